The summed E-state index contributed by atoms with van der Waals surface area (Å²) in [7, 11) is -3.76. The third kappa shape index (κ3) is 3.52. The molecule has 0 saturated heterocycles. The number of para-hydroxylation sites is 1. The minimum absolute atomic E-state index is 0.00348. The van der Waals surface area contributed by atoms with Crippen LogP contribution in [0.1, 0.15) is 6.42 Å². The van der Waals surface area contributed by atoms with E-state index >= 15 is 0 Å². The zero-order chi connectivity index (χ0) is 17.0. The topological polar surface area (TPSA) is 78.3 Å². The average molecular weight is 344 g/mol. The molecule has 124 valence electrons. The van der Waals surface area contributed by atoms with Gasteiger partial charge in [-0.15, -0.1) is 0 Å². The number of hydrogen-bond acceptors (Lipinski definition) is 5. The van der Waals surface area contributed by atoms with E-state index in [-0.39, 0.29) is 17.1 Å². The van der Waals surface area contributed by atoms with Crippen LogP contribution in [0.4, 0.5) is 0 Å². The number of rotatable bonds is 6. The van der Waals surface area contributed by atoms with E-state index in [4.69, 9.17) is 4.18 Å². The van der Waals surface area contributed by atoms with E-state index in [2.05, 4.69) is 4.98 Å². The van der Waals surface area contributed by atoms with Crippen molar-refractivity contribution in [3.63, 3.8) is 0 Å². The quantitative estimate of drug-likeness (QED) is 0.506. The largest absolute Gasteiger partial charge is 0.299 e. The average Bonchev–Trinajstić information content (AvgIpc) is 2.61. The van der Waals surface area contributed by atoms with Crippen LogP contribution < -0.4 is 5.56 Å². The van der Waals surface area contributed by atoms with E-state index in [1.54, 1.807) is 36.4 Å². The summed E-state index contributed by atoms with van der Waals surface area (Å²) in [5.41, 5.74) is 0.494. The van der Waals surface area contributed by atoms with Crippen LogP contribution in [0.5, 0.6) is 0 Å². The lowest BCUT2D eigenvalue weighted by Gasteiger charge is -2.08. The van der Waals surface area contributed by atoms with Crippen molar-refractivity contribution in [3.05, 3.63) is 71.3 Å². The van der Waals surface area contributed by atoms with Crippen molar-refractivity contribution in [1.82, 2.24) is 9.55 Å². The molecule has 0 radical (unpaired) electrons. The molecule has 3 rings (SSSR count). The van der Waals surface area contributed by atoms with Crippen LogP contribution in [0, 0.1) is 0 Å². The van der Waals surface area contributed by atoms with Crippen molar-refractivity contribution < 1.29 is 12.6 Å². The molecule has 0 fully saturated rings. The van der Waals surface area contributed by atoms with Gasteiger partial charge in [-0.05, 0) is 30.7 Å². The third-order valence-electron chi connectivity index (χ3n) is 3.55. The van der Waals surface area contributed by atoms with Crippen molar-refractivity contribution in [2.24, 2.45) is 0 Å². The van der Waals surface area contributed by atoms with Crippen LogP contribution in [-0.2, 0) is 20.8 Å². The van der Waals surface area contributed by atoms with Crippen molar-refractivity contribution >= 4 is 21.0 Å². The van der Waals surface area contributed by atoms with Gasteiger partial charge >= 0.3 is 0 Å². The lowest BCUT2D eigenvalue weighted by atomic mass is 10.2. The molecule has 0 bridgehead atoms. The number of aromatic nitrogens is 2. The Morgan fingerprint density at radius 1 is 1.00 bits per heavy atom. The van der Waals surface area contributed by atoms with E-state index < -0.39 is 10.1 Å². The second kappa shape index (κ2) is 6.94. The molecule has 0 amide bonds. The summed E-state index contributed by atoms with van der Waals surface area (Å²) in [4.78, 5) is 16.6. The maximum atomic E-state index is 12.3. The smallest absolute Gasteiger partial charge is 0.296 e. The van der Waals surface area contributed by atoms with Gasteiger partial charge in [0.1, 0.15) is 0 Å². The van der Waals surface area contributed by atoms with Crippen LogP contribution in [0.2, 0.25) is 0 Å². The Hall–Kier alpha value is -2.51. The first-order chi connectivity index (χ1) is 11.6. The van der Waals surface area contributed by atoms with Crippen molar-refractivity contribution in [1.29, 1.82) is 0 Å². The van der Waals surface area contributed by atoms with Gasteiger partial charge in [-0.2, -0.15) is 8.42 Å². The predicted molar refractivity (Wildman–Crippen MR) is 90.2 cm³/mol. The molecule has 0 atom stereocenters. The first kappa shape index (κ1) is 16.4. The molecule has 0 N–H and O–H groups in total. The van der Waals surface area contributed by atoms with E-state index in [1.807, 2.05) is 6.07 Å². The number of benzene rings is 2. The Bertz CT molecular complexity index is 998. The molecule has 0 unspecified atom stereocenters. The molecule has 1 heterocycles. The second-order valence-corrected chi connectivity index (χ2v) is 6.82. The molecule has 0 aliphatic heterocycles. The molecule has 24 heavy (non-hydrogen) atoms. The number of hydrogen-bond donors (Lipinski definition) is 0. The highest BCUT2D eigenvalue weighted by Crippen LogP contribution is 2.11. The zero-order valence-corrected chi connectivity index (χ0v) is 13.6. The standard InChI is InChI=1S/C17H16N2O4S/c20-17-15-9-4-5-10-16(15)18-13-19(17)11-6-12-23-24(21,22)14-7-2-1-3-8-14/h1-5,7-10,13H,6,11-12H2. The van der Waals surface area contributed by atoms with Gasteiger partial charge in [0.25, 0.3) is 15.7 Å². The summed E-state index contributed by atoms with van der Waals surface area (Å²) < 4.78 is 30.4. The summed E-state index contributed by atoms with van der Waals surface area (Å²) in [6, 6.07) is 15.1. The maximum absolute atomic E-state index is 12.3. The zero-order valence-electron chi connectivity index (χ0n) is 12.8. The molecule has 0 spiro atoms. The van der Waals surface area contributed by atoms with E-state index in [1.165, 1.54) is 23.0 Å². The van der Waals surface area contributed by atoms with Crippen LogP contribution in [0.3, 0.4) is 0 Å². The number of aryl methyl sites for hydroxylation is 1. The van der Waals surface area contributed by atoms with Gasteiger partial charge in [-0.3, -0.25) is 13.5 Å². The summed E-state index contributed by atoms with van der Waals surface area (Å²) in [6.45, 7) is 0.331. The molecule has 0 aliphatic carbocycles. The minimum atomic E-state index is -3.76. The Balaban J connectivity index is 1.63. The Morgan fingerprint density at radius 2 is 1.71 bits per heavy atom. The summed E-state index contributed by atoms with van der Waals surface area (Å²) in [5, 5.41) is 0.540. The van der Waals surface area contributed by atoms with Crippen molar-refractivity contribution in [2.75, 3.05) is 6.61 Å². The molecule has 1 aromatic heterocycles. The highest BCUT2D eigenvalue weighted by molar-refractivity contribution is 7.86. The van der Waals surface area contributed by atoms with Gasteiger partial charge in [-0.25, -0.2) is 4.98 Å². The molecule has 2 aromatic carbocycles. The summed E-state index contributed by atoms with van der Waals surface area (Å²) in [5.74, 6) is 0. The van der Waals surface area contributed by atoms with Gasteiger partial charge in [0.05, 0.1) is 28.7 Å². The van der Waals surface area contributed by atoms with Crippen LogP contribution in [-0.4, -0.2) is 24.6 Å². The number of fused-ring (bicyclic) bond motifs is 1. The minimum Gasteiger partial charge on any atom is -0.299 e. The molecule has 6 nitrogen and oxygen atoms in total. The molecule has 7 heteroatoms. The van der Waals surface area contributed by atoms with Crippen LogP contribution >= 0.6 is 0 Å². The van der Waals surface area contributed by atoms with E-state index in [0.29, 0.717) is 23.9 Å². The first-order valence-electron chi connectivity index (χ1n) is 7.46. The lowest BCUT2D eigenvalue weighted by Crippen LogP contribution is -2.21. The van der Waals surface area contributed by atoms with Gasteiger partial charge < -0.3 is 0 Å². The Morgan fingerprint density at radius 3 is 2.50 bits per heavy atom. The monoisotopic (exact) mass is 344 g/mol. The van der Waals surface area contributed by atoms with Crippen LogP contribution in [0.25, 0.3) is 10.9 Å². The molecular formula is C17H16N2O4S. The predicted octanol–water partition coefficient (Wildman–Crippen LogP) is 2.19. The molecule has 0 aliphatic rings. The fraction of sp³-hybridized carbons (Fsp3) is 0.176. The summed E-state index contributed by atoms with van der Waals surface area (Å²) >= 11 is 0. The lowest BCUT2D eigenvalue weighted by molar-refractivity contribution is 0.303. The number of nitrogens with zero attached hydrogens (tertiary/aromatic N) is 2. The normalized spacial score (nSPS) is 11.7. The summed E-state index contributed by atoms with van der Waals surface area (Å²) in [6.07, 6.45) is 1.85. The van der Waals surface area contributed by atoms with Crippen molar-refractivity contribution in [3.8, 4) is 0 Å². The van der Waals surface area contributed by atoms with Gasteiger partial charge in [0.15, 0.2) is 0 Å². The first-order valence-corrected chi connectivity index (χ1v) is 8.87. The third-order valence-corrected chi connectivity index (χ3v) is 4.87. The SMILES string of the molecule is O=c1c2ccccc2ncn1CCCOS(=O)(=O)c1ccccc1. The maximum Gasteiger partial charge on any atom is 0.296 e. The van der Waals surface area contributed by atoms with Gasteiger partial charge in [0.2, 0.25) is 0 Å². The van der Waals surface area contributed by atoms with Crippen LogP contribution in [0.15, 0.2) is 70.6 Å². The fourth-order valence-corrected chi connectivity index (χ4v) is 3.29. The second-order valence-electron chi connectivity index (χ2n) is 5.20. The Kier molecular flexibility index (Phi) is 4.73. The van der Waals surface area contributed by atoms with Gasteiger partial charge in [-0.1, -0.05) is 30.3 Å². The van der Waals surface area contributed by atoms with E-state index in [9.17, 15) is 13.2 Å². The highest BCUT2D eigenvalue weighted by Gasteiger charge is 2.14. The molecule has 0 saturated carbocycles. The van der Waals surface area contributed by atoms with Crippen molar-refractivity contribution in [2.45, 2.75) is 17.9 Å². The Labute approximate surface area is 139 Å². The fourth-order valence-electron chi connectivity index (χ4n) is 2.32. The molecule has 3 aromatic rings. The highest BCUT2D eigenvalue weighted by atomic mass is 32.2. The molecular weight excluding hydrogens is 328 g/mol. The van der Waals surface area contributed by atoms with Gasteiger partial charge in [0, 0.05) is 6.54 Å². The van der Waals surface area contributed by atoms with E-state index in [0.717, 1.165) is 0 Å².